The van der Waals surface area contributed by atoms with Gasteiger partial charge in [-0.05, 0) is 26.8 Å². The van der Waals surface area contributed by atoms with Crippen LogP contribution in [0.4, 0.5) is 13.2 Å². The molecule has 4 nitrogen and oxygen atoms in total. The molecule has 0 aromatic heterocycles. The van der Waals surface area contributed by atoms with E-state index in [-0.39, 0.29) is 12.6 Å². The summed E-state index contributed by atoms with van der Waals surface area (Å²) < 4.78 is 42.1. The van der Waals surface area contributed by atoms with Gasteiger partial charge in [-0.15, -0.1) is 0 Å². The van der Waals surface area contributed by atoms with E-state index in [1.54, 1.807) is 6.92 Å². The molecule has 1 aliphatic carbocycles. The molecule has 0 aromatic rings. The Kier molecular flexibility index (Phi) is 4.61. The van der Waals surface area contributed by atoms with Gasteiger partial charge in [0.2, 0.25) is 0 Å². The van der Waals surface area contributed by atoms with Crippen molar-refractivity contribution in [1.29, 1.82) is 0 Å². The summed E-state index contributed by atoms with van der Waals surface area (Å²) in [6.45, 7) is 0.539. The number of methoxy groups -OCH3 is 1. The van der Waals surface area contributed by atoms with Gasteiger partial charge in [-0.25, -0.2) is 0 Å². The lowest BCUT2D eigenvalue weighted by Gasteiger charge is -2.33. The first kappa shape index (κ1) is 15.2. The highest BCUT2D eigenvalue weighted by molar-refractivity contribution is 5.80. The number of likely N-dealkylation sites (N-methyl/N-ethyl adjacent to an activating group) is 1. The Hall–Kier alpha value is -0.820. The molecular weight excluding hydrogens is 249 g/mol. The van der Waals surface area contributed by atoms with Crippen molar-refractivity contribution in [2.75, 3.05) is 27.2 Å². The first-order valence-corrected chi connectivity index (χ1v) is 5.80. The fourth-order valence-electron chi connectivity index (χ4n) is 1.86. The predicted molar refractivity (Wildman–Crippen MR) is 60.1 cm³/mol. The summed E-state index contributed by atoms with van der Waals surface area (Å²) in [5.74, 6) is -0.558. The second-order valence-electron chi connectivity index (χ2n) is 4.83. The highest BCUT2D eigenvalue weighted by atomic mass is 19.4. The Morgan fingerprint density at radius 2 is 1.94 bits per heavy atom. The number of hydrogen-bond donors (Lipinski definition) is 1. The maximum absolute atomic E-state index is 12.5. The highest BCUT2D eigenvalue weighted by Crippen LogP contribution is 2.31. The molecule has 0 radical (unpaired) electrons. The number of carbonyl (C=O) groups is 1. The number of nitrogens with one attached hydrogen (secondary N) is 1. The predicted octanol–water partition coefficient (Wildman–Crippen LogP) is 1.16. The van der Waals surface area contributed by atoms with Crippen molar-refractivity contribution in [2.24, 2.45) is 0 Å². The van der Waals surface area contributed by atoms with Gasteiger partial charge in [0, 0.05) is 12.6 Å². The third kappa shape index (κ3) is 4.13. The zero-order valence-electron chi connectivity index (χ0n) is 10.8. The molecule has 1 atom stereocenters. The van der Waals surface area contributed by atoms with Crippen LogP contribution in [0.15, 0.2) is 0 Å². The van der Waals surface area contributed by atoms with Crippen LogP contribution < -0.4 is 5.32 Å². The minimum absolute atomic E-state index is 0.0135. The van der Waals surface area contributed by atoms with E-state index in [0.29, 0.717) is 0 Å². The normalized spacial score (nSPS) is 19.7. The first-order chi connectivity index (χ1) is 8.22. The van der Waals surface area contributed by atoms with Crippen LogP contribution in [0.25, 0.3) is 0 Å². The van der Waals surface area contributed by atoms with E-state index in [4.69, 9.17) is 0 Å². The summed E-state index contributed by atoms with van der Waals surface area (Å²) >= 11 is 0. The molecule has 1 N–H and O–H groups in total. The van der Waals surface area contributed by atoms with Crippen molar-refractivity contribution in [3.8, 4) is 0 Å². The van der Waals surface area contributed by atoms with Crippen LogP contribution in [0.3, 0.4) is 0 Å². The van der Waals surface area contributed by atoms with Gasteiger partial charge >= 0.3 is 12.1 Å². The summed E-state index contributed by atoms with van der Waals surface area (Å²) in [7, 11) is 2.76. The third-order valence-corrected chi connectivity index (χ3v) is 3.15. The maximum atomic E-state index is 12.5. The minimum atomic E-state index is -4.26. The number of rotatable bonds is 6. The van der Waals surface area contributed by atoms with E-state index >= 15 is 0 Å². The third-order valence-electron chi connectivity index (χ3n) is 3.15. The molecule has 106 valence electrons. The summed E-state index contributed by atoms with van der Waals surface area (Å²) in [6, 6.07) is -0.0797. The summed E-state index contributed by atoms with van der Waals surface area (Å²) in [5.41, 5.74) is -1.12. The Balaban J connectivity index is 2.72. The molecule has 0 heterocycles. The van der Waals surface area contributed by atoms with Crippen LogP contribution in [-0.2, 0) is 9.53 Å². The van der Waals surface area contributed by atoms with Crippen LogP contribution in [0.5, 0.6) is 0 Å². The van der Waals surface area contributed by atoms with Crippen molar-refractivity contribution in [3.05, 3.63) is 0 Å². The van der Waals surface area contributed by atoms with E-state index in [1.165, 1.54) is 19.1 Å². The SMILES string of the molecule is CNC(C)(CN(CC(F)(F)F)C1CC1)C(=O)OC. The van der Waals surface area contributed by atoms with Crippen LogP contribution in [0, 0.1) is 0 Å². The maximum Gasteiger partial charge on any atom is 0.401 e. The molecule has 1 saturated carbocycles. The van der Waals surface area contributed by atoms with Crippen LogP contribution >= 0.6 is 0 Å². The molecule has 0 bridgehead atoms. The summed E-state index contributed by atoms with van der Waals surface area (Å²) in [5, 5.41) is 2.74. The molecule has 7 heteroatoms. The van der Waals surface area contributed by atoms with Crippen molar-refractivity contribution >= 4 is 5.97 Å². The number of esters is 1. The monoisotopic (exact) mass is 268 g/mol. The van der Waals surface area contributed by atoms with Gasteiger partial charge in [-0.2, -0.15) is 13.2 Å². The Morgan fingerprint density at radius 3 is 2.28 bits per heavy atom. The Morgan fingerprint density at radius 1 is 1.39 bits per heavy atom. The molecule has 18 heavy (non-hydrogen) atoms. The lowest BCUT2D eigenvalue weighted by molar-refractivity contribution is -0.158. The standard InChI is InChI=1S/C11H19F3N2O2/c1-10(15-2,9(17)18-3)6-16(8-4-5-8)7-11(12,13)14/h8,15H,4-7H2,1-3H3. The van der Waals surface area contributed by atoms with Gasteiger partial charge < -0.3 is 10.1 Å². The van der Waals surface area contributed by atoms with Gasteiger partial charge in [-0.3, -0.25) is 9.69 Å². The number of hydrogen-bond acceptors (Lipinski definition) is 4. The first-order valence-electron chi connectivity index (χ1n) is 5.80. The van der Waals surface area contributed by atoms with Crippen LogP contribution in [0.1, 0.15) is 19.8 Å². The lowest BCUT2D eigenvalue weighted by Crippen LogP contribution is -2.57. The summed E-state index contributed by atoms with van der Waals surface area (Å²) in [6.07, 6.45) is -2.76. The van der Waals surface area contributed by atoms with Crippen molar-refractivity contribution < 1.29 is 22.7 Å². The average molecular weight is 268 g/mol. The molecule has 0 aromatic carbocycles. The zero-order chi connectivity index (χ0) is 14.0. The number of ether oxygens (including phenoxy) is 1. The largest absolute Gasteiger partial charge is 0.468 e. The molecule has 1 rings (SSSR count). The Bertz CT molecular complexity index is 305. The van der Waals surface area contributed by atoms with Crippen LogP contribution in [0.2, 0.25) is 0 Å². The molecule has 1 unspecified atom stereocenters. The minimum Gasteiger partial charge on any atom is -0.468 e. The van der Waals surface area contributed by atoms with Gasteiger partial charge in [0.1, 0.15) is 5.54 Å². The number of alkyl halides is 3. The van der Waals surface area contributed by atoms with Crippen molar-refractivity contribution in [3.63, 3.8) is 0 Å². The van der Waals surface area contributed by atoms with Gasteiger partial charge in [-0.1, -0.05) is 0 Å². The quantitative estimate of drug-likeness (QED) is 0.734. The Labute approximate surface area is 104 Å². The van der Waals surface area contributed by atoms with E-state index in [9.17, 15) is 18.0 Å². The smallest absolute Gasteiger partial charge is 0.401 e. The number of carbonyl (C=O) groups excluding carboxylic acids is 1. The molecule has 0 saturated heterocycles. The molecule has 1 aliphatic rings. The van der Waals surface area contributed by atoms with E-state index < -0.39 is 24.2 Å². The molecular formula is C11H19F3N2O2. The lowest BCUT2D eigenvalue weighted by atomic mass is 10.0. The second-order valence-corrected chi connectivity index (χ2v) is 4.83. The molecule has 0 spiro atoms. The molecule has 0 amide bonds. The van der Waals surface area contributed by atoms with Crippen LogP contribution in [-0.4, -0.2) is 55.9 Å². The van der Waals surface area contributed by atoms with Gasteiger partial charge in [0.05, 0.1) is 13.7 Å². The van der Waals surface area contributed by atoms with Gasteiger partial charge in [0.15, 0.2) is 0 Å². The fraction of sp³-hybridized carbons (Fsp3) is 0.909. The number of nitrogens with zero attached hydrogens (tertiary/aromatic N) is 1. The average Bonchev–Trinajstić information content (AvgIpc) is 3.08. The second kappa shape index (κ2) is 5.44. The van der Waals surface area contributed by atoms with E-state index in [1.807, 2.05) is 0 Å². The van der Waals surface area contributed by atoms with E-state index in [0.717, 1.165) is 12.8 Å². The summed E-state index contributed by atoms with van der Waals surface area (Å²) in [4.78, 5) is 12.9. The van der Waals surface area contributed by atoms with Gasteiger partial charge in [0.25, 0.3) is 0 Å². The molecule has 1 fully saturated rings. The highest BCUT2D eigenvalue weighted by Gasteiger charge is 2.43. The fourth-order valence-corrected chi connectivity index (χ4v) is 1.86. The van der Waals surface area contributed by atoms with Crippen molar-refractivity contribution in [1.82, 2.24) is 10.2 Å². The molecule has 0 aliphatic heterocycles. The zero-order valence-corrected chi connectivity index (χ0v) is 10.8. The topological polar surface area (TPSA) is 41.6 Å². The van der Waals surface area contributed by atoms with E-state index in [2.05, 4.69) is 10.1 Å². The van der Waals surface area contributed by atoms with Crippen molar-refractivity contribution in [2.45, 2.75) is 37.5 Å². The number of halogens is 3.